The van der Waals surface area contributed by atoms with E-state index in [1.54, 1.807) is 47.4 Å². The number of benzene rings is 2. The van der Waals surface area contributed by atoms with Gasteiger partial charge in [-0.2, -0.15) is 18.3 Å². The number of para-hydroxylation sites is 1. The zero-order valence-corrected chi connectivity index (χ0v) is 15.9. The van der Waals surface area contributed by atoms with Crippen LogP contribution in [-0.2, 0) is 22.3 Å². The van der Waals surface area contributed by atoms with Crippen molar-refractivity contribution in [1.29, 1.82) is 0 Å². The quantitative estimate of drug-likeness (QED) is 0.612. The van der Waals surface area contributed by atoms with Crippen molar-refractivity contribution < 1.29 is 27.5 Å². The van der Waals surface area contributed by atoms with Crippen LogP contribution in [0.5, 0.6) is 0 Å². The number of hydrogen-bond acceptors (Lipinski definition) is 4. The van der Waals surface area contributed by atoms with Crippen LogP contribution in [0.2, 0.25) is 0 Å². The lowest BCUT2D eigenvalue weighted by Crippen LogP contribution is -2.30. The maximum Gasteiger partial charge on any atom is 0.418 e. The van der Waals surface area contributed by atoms with E-state index in [1.165, 1.54) is 19.1 Å². The van der Waals surface area contributed by atoms with Crippen molar-refractivity contribution in [2.45, 2.75) is 25.7 Å². The van der Waals surface area contributed by atoms with E-state index < -0.39 is 35.4 Å². The lowest BCUT2D eigenvalue weighted by atomic mass is 10.1. The number of alkyl halides is 3. The molecule has 0 fully saturated rings. The van der Waals surface area contributed by atoms with Crippen molar-refractivity contribution in [2.75, 3.05) is 5.32 Å². The predicted molar refractivity (Wildman–Crippen MR) is 103 cm³/mol. The van der Waals surface area contributed by atoms with Gasteiger partial charge in [0.2, 0.25) is 0 Å². The lowest BCUT2D eigenvalue weighted by molar-refractivity contribution is -0.137. The van der Waals surface area contributed by atoms with E-state index in [0.29, 0.717) is 6.54 Å². The minimum Gasteiger partial charge on any atom is -0.449 e. The van der Waals surface area contributed by atoms with Crippen molar-refractivity contribution in [3.8, 4) is 0 Å². The number of carbonyl (C=O) groups is 2. The summed E-state index contributed by atoms with van der Waals surface area (Å²) >= 11 is 0. The molecule has 3 aromatic rings. The molecule has 0 spiro atoms. The Kier molecular flexibility index (Phi) is 6.20. The van der Waals surface area contributed by atoms with Gasteiger partial charge in [-0.3, -0.25) is 9.48 Å². The second-order valence-corrected chi connectivity index (χ2v) is 6.48. The Bertz CT molecular complexity index is 1020. The number of amides is 1. The maximum atomic E-state index is 13.0. The zero-order chi connectivity index (χ0) is 21.7. The molecule has 0 aliphatic heterocycles. The number of ether oxygens (including phenoxy) is 1. The molecule has 6 nitrogen and oxygen atoms in total. The fourth-order valence-corrected chi connectivity index (χ4v) is 2.68. The molecule has 0 aliphatic rings. The lowest BCUT2D eigenvalue weighted by Gasteiger charge is -2.17. The van der Waals surface area contributed by atoms with Crippen molar-refractivity contribution in [1.82, 2.24) is 9.78 Å². The molecule has 3 rings (SSSR count). The number of anilines is 1. The van der Waals surface area contributed by atoms with Gasteiger partial charge in [-0.05, 0) is 42.8 Å². The minimum absolute atomic E-state index is 0.217. The minimum atomic E-state index is -4.62. The third-order valence-electron chi connectivity index (χ3n) is 4.24. The van der Waals surface area contributed by atoms with Crippen LogP contribution >= 0.6 is 0 Å². The third kappa shape index (κ3) is 5.25. The summed E-state index contributed by atoms with van der Waals surface area (Å²) in [5.74, 6) is -1.62. The van der Waals surface area contributed by atoms with Crippen LogP contribution in [0.25, 0.3) is 0 Å². The smallest absolute Gasteiger partial charge is 0.418 e. The molecule has 0 aliphatic carbocycles. The number of halogens is 3. The van der Waals surface area contributed by atoms with Crippen LogP contribution in [-0.4, -0.2) is 27.8 Å². The van der Waals surface area contributed by atoms with Crippen molar-refractivity contribution in [3.05, 3.63) is 83.7 Å². The summed E-state index contributed by atoms with van der Waals surface area (Å²) in [5.41, 5.74) is -0.259. The Morgan fingerprint density at radius 2 is 1.80 bits per heavy atom. The Balaban J connectivity index is 1.61. The van der Waals surface area contributed by atoms with E-state index in [2.05, 4.69) is 10.4 Å². The first-order valence-corrected chi connectivity index (χ1v) is 8.98. The maximum absolute atomic E-state index is 13.0. The molecule has 1 N–H and O–H groups in total. The molecule has 30 heavy (non-hydrogen) atoms. The van der Waals surface area contributed by atoms with Gasteiger partial charge in [0.15, 0.2) is 6.10 Å². The Morgan fingerprint density at radius 3 is 2.43 bits per heavy atom. The Labute approximate surface area is 170 Å². The highest BCUT2D eigenvalue weighted by molar-refractivity contribution is 5.97. The van der Waals surface area contributed by atoms with Crippen LogP contribution in [0, 0.1) is 0 Å². The highest BCUT2D eigenvalue weighted by Gasteiger charge is 2.34. The number of carbonyl (C=O) groups excluding carboxylic acids is 2. The van der Waals surface area contributed by atoms with Crippen LogP contribution < -0.4 is 5.32 Å². The standard InChI is InChI=1S/C21H18F3N3O3/c1-14(19(28)26-18-6-3-2-5-17(18)21(22,23)24)30-20(29)16-9-7-15(8-10-16)13-27-12-4-11-25-27/h2-12,14H,13H2,1H3,(H,26,28). The highest BCUT2D eigenvalue weighted by Crippen LogP contribution is 2.34. The van der Waals surface area contributed by atoms with Crippen LogP contribution in [0.1, 0.15) is 28.4 Å². The monoisotopic (exact) mass is 417 g/mol. The fourth-order valence-electron chi connectivity index (χ4n) is 2.68. The molecule has 0 saturated carbocycles. The van der Waals surface area contributed by atoms with Gasteiger partial charge in [-0.25, -0.2) is 4.79 Å². The average Bonchev–Trinajstić information content (AvgIpc) is 3.21. The summed E-state index contributed by atoms with van der Waals surface area (Å²) in [4.78, 5) is 24.5. The molecule has 1 unspecified atom stereocenters. The van der Waals surface area contributed by atoms with Crippen molar-refractivity contribution in [2.24, 2.45) is 0 Å². The van der Waals surface area contributed by atoms with Crippen LogP contribution in [0.15, 0.2) is 67.0 Å². The number of nitrogens with one attached hydrogen (secondary N) is 1. The van der Waals surface area contributed by atoms with Gasteiger partial charge in [-0.15, -0.1) is 0 Å². The summed E-state index contributed by atoms with van der Waals surface area (Å²) < 4.78 is 45.9. The molecular weight excluding hydrogens is 399 g/mol. The second kappa shape index (κ2) is 8.81. The number of aromatic nitrogens is 2. The van der Waals surface area contributed by atoms with E-state index in [0.717, 1.165) is 17.7 Å². The van der Waals surface area contributed by atoms with E-state index in [4.69, 9.17) is 4.74 Å². The van der Waals surface area contributed by atoms with Gasteiger partial charge in [0.1, 0.15) is 0 Å². The Hall–Kier alpha value is -3.62. The van der Waals surface area contributed by atoms with Gasteiger partial charge in [0.25, 0.3) is 5.91 Å². The van der Waals surface area contributed by atoms with E-state index in [-0.39, 0.29) is 5.56 Å². The van der Waals surface area contributed by atoms with E-state index in [9.17, 15) is 22.8 Å². The number of hydrogen-bond donors (Lipinski definition) is 1. The topological polar surface area (TPSA) is 73.2 Å². The molecule has 1 heterocycles. The molecular formula is C21H18F3N3O3. The molecule has 0 radical (unpaired) electrons. The molecule has 1 amide bonds. The molecule has 0 bridgehead atoms. The first-order chi connectivity index (χ1) is 14.2. The first-order valence-electron chi connectivity index (χ1n) is 8.98. The summed E-state index contributed by atoms with van der Waals surface area (Å²) in [7, 11) is 0. The van der Waals surface area contributed by atoms with Crippen LogP contribution in [0.3, 0.4) is 0 Å². The number of rotatable bonds is 6. The van der Waals surface area contributed by atoms with Gasteiger partial charge in [-0.1, -0.05) is 24.3 Å². The number of esters is 1. The van der Waals surface area contributed by atoms with Crippen molar-refractivity contribution in [3.63, 3.8) is 0 Å². The normalized spacial score (nSPS) is 12.3. The fraction of sp³-hybridized carbons (Fsp3) is 0.190. The molecule has 2 aromatic carbocycles. The molecule has 1 atom stereocenters. The van der Waals surface area contributed by atoms with Gasteiger partial charge >= 0.3 is 12.1 Å². The largest absolute Gasteiger partial charge is 0.449 e. The summed E-state index contributed by atoms with van der Waals surface area (Å²) in [6, 6.07) is 12.9. The Morgan fingerprint density at radius 1 is 1.10 bits per heavy atom. The molecule has 9 heteroatoms. The molecule has 156 valence electrons. The number of nitrogens with zero attached hydrogens (tertiary/aromatic N) is 2. The van der Waals surface area contributed by atoms with E-state index >= 15 is 0 Å². The van der Waals surface area contributed by atoms with Crippen LogP contribution in [0.4, 0.5) is 18.9 Å². The average molecular weight is 417 g/mol. The first kappa shape index (κ1) is 21.1. The summed E-state index contributed by atoms with van der Waals surface area (Å²) in [6.07, 6.45) is -2.45. The van der Waals surface area contributed by atoms with Gasteiger partial charge < -0.3 is 10.1 Å². The van der Waals surface area contributed by atoms with Gasteiger partial charge in [0.05, 0.1) is 23.4 Å². The molecule has 1 aromatic heterocycles. The van der Waals surface area contributed by atoms with Crippen molar-refractivity contribution >= 4 is 17.6 Å². The van der Waals surface area contributed by atoms with E-state index in [1.807, 2.05) is 0 Å². The SMILES string of the molecule is CC(OC(=O)c1ccc(Cn2cccn2)cc1)C(=O)Nc1ccccc1C(F)(F)F. The summed E-state index contributed by atoms with van der Waals surface area (Å²) in [6.45, 7) is 1.81. The zero-order valence-electron chi connectivity index (χ0n) is 15.9. The predicted octanol–water partition coefficient (Wildman–Crippen LogP) is 4.13. The molecule has 0 saturated heterocycles. The van der Waals surface area contributed by atoms with Gasteiger partial charge in [0, 0.05) is 12.4 Å². The third-order valence-corrected chi connectivity index (χ3v) is 4.24. The second-order valence-electron chi connectivity index (χ2n) is 6.48. The highest BCUT2D eigenvalue weighted by atomic mass is 19.4. The summed E-state index contributed by atoms with van der Waals surface area (Å²) in [5, 5.41) is 6.26.